The van der Waals surface area contributed by atoms with E-state index in [0.29, 0.717) is 19.4 Å². The lowest BCUT2D eigenvalue weighted by molar-refractivity contribution is -0.145. The Balaban J connectivity index is 1.35. The highest BCUT2D eigenvalue weighted by Gasteiger charge is 2.44. The van der Waals surface area contributed by atoms with Gasteiger partial charge in [-0.1, -0.05) is 55.5 Å². The van der Waals surface area contributed by atoms with Crippen LogP contribution in [0.5, 0.6) is 0 Å². The molecule has 180 valence electrons. The summed E-state index contributed by atoms with van der Waals surface area (Å²) in [6, 6.07) is 16.0. The number of nitrogens with one attached hydrogen (secondary N) is 1. The molecule has 0 radical (unpaired) electrons. The second kappa shape index (κ2) is 9.49. The van der Waals surface area contributed by atoms with E-state index in [0.717, 1.165) is 22.3 Å². The molecule has 1 saturated heterocycles. The number of carboxylic acids is 1. The second-order valence-electron chi connectivity index (χ2n) is 9.77. The van der Waals surface area contributed by atoms with Crippen LogP contribution in [0.15, 0.2) is 48.5 Å². The average Bonchev–Trinajstić information content (AvgIpc) is 3.40. The van der Waals surface area contributed by atoms with Gasteiger partial charge in [-0.3, -0.25) is 9.59 Å². The van der Waals surface area contributed by atoms with E-state index < -0.39 is 23.4 Å². The first-order valence-electron chi connectivity index (χ1n) is 11.9. The van der Waals surface area contributed by atoms with E-state index >= 15 is 0 Å². The summed E-state index contributed by atoms with van der Waals surface area (Å²) < 4.78 is 5.58. The Bertz CT molecular complexity index is 1050. The predicted octanol–water partition coefficient (Wildman–Crippen LogP) is 4.26. The van der Waals surface area contributed by atoms with Crippen LogP contribution in [0.3, 0.4) is 0 Å². The van der Waals surface area contributed by atoms with Gasteiger partial charge in [-0.05, 0) is 48.9 Å². The fourth-order valence-electron chi connectivity index (χ4n) is 5.31. The highest BCUT2D eigenvalue weighted by Crippen LogP contribution is 2.44. The summed E-state index contributed by atoms with van der Waals surface area (Å²) in [5, 5.41) is 12.2. The number of amides is 2. The van der Waals surface area contributed by atoms with E-state index in [1.54, 1.807) is 18.7 Å². The minimum Gasteiger partial charge on any atom is -0.481 e. The normalized spacial score (nSPS) is 19.4. The molecule has 2 N–H and O–H groups in total. The van der Waals surface area contributed by atoms with Gasteiger partial charge in [-0.25, -0.2) is 4.79 Å². The summed E-state index contributed by atoms with van der Waals surface area (Å²) in [5.74, 6) is -1.59. The number of carbonyl (C=O) groups is 3. The second-order valence-corrected chi connectivity index (χ2v) is 9.77. The Morgan fingerprint density at radius 3 is 2.21 bits per heavy atom. The Morgan fingerprint density at radius 1 is 1.06 bits per heavy atom. The number of nitrogens with zero attached hydrogens (tertiary/aromatic N) is 1. The highest BCUT2D eigenvalue weighted by molar-refractivity contribution is 5.85. The van der Waals surface area contributed by atoms with Crippen LogP contribution in [0.25, 0.3) is 11.1 Å². The number of aliphatic carboxylic acids is 1. The number of carboxylic acid groups (broad SMARTS) is 1. The fourth-order valence-corrected chi connectivity index (χ4v) is 5.31. The lowest BCUT2D eigenvalue weighted by Crippen LogP contribution is -2.49. The van der Waals surface area contributed by atoms with Gasteiger partial charge >= 0.3 is 12.1 Å². The third kappa shape index (κ3) is 4.39. The van der Waals surface area contributed by atoms with Crippen LogP contribution in [0.4, 0.5) is 4.79 Å². The van der Waals surface area contributed by atoms with Gasteiger partial charge in [-0.2, -0.15) is 0 Å². The van der Waals surface area contributed by atoms with Crippen molar-refractivity contribution in [3.05, 3.63) is 59.7 Å². The van der Waals surface area contributed by atoms with E-state index in [1.165, 1.54) is 0 Å². The van der Waals surface area contributed by atoms with Gasteiger partial charge in [0.25, 0.3) is 0 Å². The van der Waals surface area contributed by atoms with Gasteiger partial charge in [0.15, 0.2) is 0 Å². The molecular formula is C27H32N2O5. The molecule has 7 nitrogen and oxygen atoms in total. The van der Waals surface area contributed by atoms with Gasteiger partial charge in [-0.15, -0.1) is 0 Å². The summed E-state index contributed by atoms with van der Waals surface area (Å²) >= 11 is 0. The number of rotatable bonds is 7. The Kier molecular flexibility index (Phi) is 6.64. The number of likely N-dealkylation sites (tertiary alicyclic amines) is 1. The monoisotopic (exact) mass is 464 g/mol. The van der Waals surface area contributed by atoms with Crippen LogP contribution in [0, 0.1) is 11.3 Å². The molecule has 34 heavy (non-hydrogen) atoms. The predicted molar refractivity (Wildman–Crippen MR) is 128 cm³/mol. The molecule has 0 saturated carbocycles. The topological polar surface area (TPSA) is 95.9 Å². The summed E-state index contributed by atoms with van der Waals surface area (Å²) in [7, 11) is 0. The molecule has 4 rings (SSSR count). The molecule has 0 aromatic heterocycles. The van der Waals surface area contributed by atoms with Crippen molar-refractivity contribution in [1.29, 1.82) is 0 Å². The summed E-state index contributed by atoms with van der Waals surface area (Å²) in [6.07, 6.45) is 0.466. The number of ether oxygens (including phenoxy) is 1. The highest BCUT2D eigenvalue weighted by atomic mass is 16.5. The van der Waals surface area contributed by atoms with E-state index in [2.05, 4.69) is 29.6 Å². The molecule has 2 aromatic carbocycles. The lowest BCUT2D eigenvalue weighted by Gasteiger charge is -2.33. The first-order valence-corrected chi connectivity index (χ1v) is 11.9. The van der Waals surface area contributed by atoms with E-state index in [1.807, 2.05) is 31.2 Å². The molecule has 2 amide bonds. The molecule has 2 unspecified atom stereocenters. The number of hydrogen-bond donors (Lipinski definition) is 2. The van der Waals surface area contributed by atoms with E-state index in [-0.39, 0.29) is 31.0 Å². The number of carbonyl (C=O) groups excluding carboxylic acids is 2. The maximum absolute atomic E-state index is 13.2. The van der Waals surface area contributed by atoms with Crippen LogP contribution >= 0.6 is 0 Å². The first-order chi connectivity index (χ1) is 16.2. The van der Waals surface area contributed by atoms with Crippen LogP contribution in [0.2, 0.25) is 0 Å². The molecule has 1 aliphatic heterocycles. The van der Waals surface area contributed by atoms with Crippen molar-refractivity contribution in [3.8, 4) is 11.1 Å². The average molecular weight is 465 g/mol. The van der Waals surface area contributed by atoms with Crippen LogP contribution in [0.1, 0.15) is 50.7 Å². The lowest BCUT2D eigenvalue weighted by atomic mass is 9.90. The van der Waals surface area contributed by atoms with Crippen LogP contribution in [-0.4, -0.2) is 53.7 Å². The number of hydrogen-bond acceptors (Lipinski definition) is 4. The van der Waals surface area contributed by atoms with E-state index in [9.17, 15) is 19.5 Å². The smallest absolute Gasteiger partial charge is 0.407 e. The van der Waals surface area contributed by atoms with Crippen molar-refractivity contribution in [1.82, 2.24) is 10.2 Å². The molecule has 1 aliphatic carbocycles. The number of benzene rings is 2. The summed E-state index contributed by atoms with van der Waals surface area (Å²) in [6.45, 7) is 6.16. The van der Waals surface area contributed by atoms with Gasteiger partial charge < -0.3 is 20.1 Å². The van der Waals surface area contributed by atoms with Crippen molar-refractivity contribution in [3.63, 3.8) is 0 Å². The molecule has 1 heterocycles. The van der Waals surface area contributed by atoms with Crippen molar-refractivity contribution >= 4 is 18.0 Å². The molecular weight excluding hydrogens is 432 g/mol. The van der Waals surface area contributed by atoms with Crippen LogP contribution < -0.4 is 5.32 Å². The third-order valence-electron chi connectivity index (χ3n) is 7.14. The SMILES string of the molecule is CCC1C(C(=O)O)CCN1C(=O)C(C)(C)CNC(=O)OCC1c2ccccc2-c2ccccc21. The first kappa shape index (κ1) is 23.8. The standard InChI is InChI=1S/C27H32N2O5/c1-4-23-21(24(30)31)13-14-29(23)25(32)27(2,3)16-28-26(33)34-15-22-19-11-7-5-9-17(19)18-10-6-8-12-20(18)22/h5-12,21-23H,4,13-16H2,1-3H3,(H,28,33)(H,30,31). The van der Waals surface area contributed by atoms with Gasteiger partial charge in [0.1, 0.15) is 6.61 Å². The number of fused-ring (bicyclic) bond motifs is 3. The van der Waals surface area contributed by atoms with Gasteiger partial charge in [0.2, 0.25) is 5.91 Å². The van der Waals surface area contributed by atoms with Gasteiger partial charge in [0.05, 0.1) is 11.3 Å². The third-order valence-corrected chi connectivity index (χ3v) is 7.14. The maximum atomic E-state index is 13.2. The van der Waals surface area contributed by atoms with Crippen molar-refractivity contribution in [2.75, 3.05) is 19.7 Å². The quantitative estimate of drug-likeness (QED) is 0.638. The van der Waals surface area contributed by atoms with Crippen molar-refractivity contribution in [2.24, 2.45) is 11.3 Å². The zero-order chi connectivity index (χ0) is 24.5. The molecule has 1 fully saturated rings. The molecule has 2 aliphatic rings. The minimum atomic E-state index is -0.883. The van der Waals surface area contributed by atoms with Crippen LogP contribution in [-0.2, 0) is 14.3 Å². The molecule has 2 atom stereocenters. The number of alkyl carbamates (subject to hydrolysis) is 1. The zero-order valence-electron chi connectivity index (χ0n) is 19.9. The summed E-state index contributed by atoms with van der Waals surface area (Å²) in [5.41, 5.74) is 3.72. The van der Waals surface area contributed by atoms with Gasteiger partial charge in [0, 0.05) is 25.0 Å². The Labute approximate surface area is 200 Å². The maximum Gasteiger partial charge on any atom is 0.407 e. The summed E-state index contributed by atoms with van der Waals surface area (Å²) in [4.78, 5) is 38.9. The van der Waals surface area contributed by atoms with E-state index in [4.69, 9.17) is 4.74 Å². The molecule has 0 bridgehead atoms. The Hall–Kier alpha value is -3.35. The van der Waals surface area contributed by atoms with Crippen molar-refractivity contribution < 1.29 is 24.2 Å². The van der Waals surface area contributed by atoms with Crippen molar-refractivity contribution in [2.45, 2.75) is 45.6 Å². The molecule has 2 aromatic rings. The largest absolute Gasteiger partial charge is 0.481 e. The molecule has 7 heteroatoms. The zero-order valence-corrected chi connectivity index (χ0v) is 19.9. The minimum absolute atomic E-state index is 0.0318. The Morgan fingerprint density at radius 2 is 1.65 bits per heavy atom. The fraction of sp³-hybridized carbons (Fsp3) is 0.444. The molecule has 0 spiro atoms.